The summed E-state index contributed by atoms with van der Waals surface area (Å²) < 4.78 is 31.6. The average molecular weight is 369 g/mol. The third-order valence-corrected chi connectivity index (χ3v) is 5.36. The number of benzene rings is 2. The first-order valence-electron chi connectivity index (χ1n) is 7.00. The van der Waals surface area contributed by atoms with Crippen LogP contribution in [-0.4, -0.2) is 32.3 Å². The number of rotatable bonds is 7. The summed E-state index contributed by atoms with van der Waals surface area (Å²) in [6, 6.07) is 12.6. The summed E-state index contributed by atoms with van der Waals surface area (Å²) in [7, 11) is -2.40. The minimum atomic E-state index is -3.89. The van der Waals surface area contributed by atoms with E-state index in [-0.39, 0.29) is 11.4 Å². The average Bonchev–Trinajstić information content (AvgIpc) is 2.56. The topological polar surface area (TPSA) is 89.7 Å². The maximum Gasteiger partial charge on any atom is 0.243 e. The van der Waals surface area contributed by atoms with Crippen molar-refractivity contribution in [2.45, 2.75) is 11.4 Å². The van der Waals surface area contributed by atoms with E-state index < -0.39 is 22.5 Å². The molecule has 2 N–H and O–H groups in total. The number of nitrogens with zero attached hydrogens (tertiary/aromatic N) is 1. The zero-order valence-corrected chi connectivity index (χ0v) is 14.5. The Morgan fingerprint density at radius 1 is 1.12 bits per heavy atom. The molecule has 0 saturated heterocycles. The number of sulfonamides is 1. The highest BCUT2D eigenvalue weighted by Gasteiger charge is 2.26. The molecule has 0 atom stereocenters. The van der Waals surface area contributed by atoms with Crippen LogP contribution in [-0.2, 0) is 21.4 Å². The SMILES string of the molecule is COc1ccc(S(=O)(=O)N(CC(N)=O)Cc2ccc(Cl)cc2)cc1. The van der Waals surface area contributed by atoms with Crippen LogP contribution in [0.15, 0.2) is 53.4 Å². The smallest absolute Gasteiger partial charge is 0.243 e. The lowest BCUT2D eigenvalue weighted by Crippen LogP contribution is -2.37. The summed E-state index contributed by atoms with van der Waals surface area (Å²) in [5, 5.41) is 0.540. The molecule has 128 valence electrons. The van der Waals surface area contributed by atoms with Gasteiger partial charge in [0.05, 0.1) is 18.6 Å². The highest BCUT2D eigenvalue weighted by atomic mass is 35.5. The summed E-state index contributed by atoms with van der Waals surface area (Å²) in [4.78, 5) is 11.4. The second-order valence-corrected chi connectivity index (χ2v) is 7.42. The number of carbonyl (C=O) groups is 1. The molecule has 2 aromatic carbocycles. The minimum Gasteiger partial charge on any atom is -0.497 e. The Morgan fingerprint density at radius 2 is 1.71 bits per heavy atom. The van der Waals surface area contributed by atoms with E-state index >= 15 is 0 Å². The molecular formula is C16H17ClN2O4S. The van der Waals surface area contributed by atoms with E-state index in [1.54, 1.807) is 24.3 Å². The van der Waals surface area contributed by atoms with Crippen LogP contribution in [0.5, 0.6) is 5.75 Å². The van der Waals surface area contributed by atoms with Gasteiger partial charge in [-0.2, -0.15) is 4.31 Å². The van der Waals surface area contributed by atoms with Crippen molar-refractivity contribution in [2.75, 3.05) is 13.7 Å². The van der Waals surface area contributed by atoms with Crippen molar-refractivity contribution in [3.8, 4) is 5.75 Å². The quantitative estimate of drug-likeness (QED) is 0.809. The monoisotopic (exact) mass is 368 g/mol. The lowest BCUT2D eigenvalue weighted by Gasteiger charge is -2.21. The molecule has 0 heterocycles. The molecule has 0 aliphatic rings. The van der Waals surface area contributed by atoms with E-state index in [2.05, 4.69) is 0 Å². The molecule has 2 rings (SSSR count). The Bertz CT molecular complexity index is 805. The molecule has 0 aliphatic carbocycles. The normalized spacial score (nSPS) is 11.5. The van der Waals surface area contributed by atoms with Crippen LogP contribution in [0.2, 0.25) is 5.02 Å². The first kappa shape index (κ1) is 18.3. The number of hydrogen-bond acceptors (Lipinski definition) is 4. The maximum absolute atomic E-state index is 12.8. The number of halogens is 1. The lowest BCUT2D eigenvalue weighted by molar-refractivity contribution is -0.118. The molecule has 24 heavy (non-hydrogen) atoms. The molecule has 6 nitrogen and oxygen atoms in total. The van der Waals surface area contributed by atoms with Crippen LogP contribution < -0.4 is 10.5 Å². The van der Waals surface area contributed by atoms with Gasteiger partial charge in [0, 0.05) is 11.6 Å². The van der Waals surface area contributed by atoms with Crippen molar-refractivity contribution in [3.05, 3.63) is 59.1 Å². The van der Waals surface area contributed by atoms with Gasteiger partial charge in [-0.1, -0.05) is 23.7 Å². The Morgan fingerprint density at radius 3 is 2.21 bits per heavy atom. The van der Waals surface area contributed by atoms with Gasteiger partial charge in [-0.05, 0) is 42.0 Å². The lowest BCUT2D eigenvalue weighted by atomic mass is 10.2. The molecule has 2 aromatic rings. The van der Waals surface area contributed by atoms with Gasteiger partial charge in [-0.25, -0.2) is 8.42 Å². The van der Waals surface area contributed by atoms with E-state index in [4.69, 9.17) is 22.1 Å². The molecule has 1 amide bonds. The van der Waals surface area contributed by atoms with E-state index in [0.717, 1.165) is 4.31 Å². The molecule has 0 radical (unpaired) electrons. The molecule has 0 saturated carbocycles. The fourth-order valence-corrected chi connectivity index (χ4v) is 3.61. The summed E-state index contributed by atoms with van der Waals surface area (Å²) in [6.07, 6.45) is 0. The first-order valence-corrected chi connectivity index (χ1v) is 8.81. The summed E-state index contributed by atoms with van der Waals surface area (Å²) >= 11 is 5.83. The molecule has 0 unspecified atom stereocenters. The van der Waals surface area contributed by atoms with E-state index in [9.17, 15) is 13.2 Å². The fourth-order valence-electron chi connectivity index (χ4n) is 2.09. The predicted molar refractivity (Wildman–Crippen MR) is 91.2 cm³/mol. The Balaban J connectivity index is 2.33. The van der Waals surface area contributed by atoms with E-state index in [1.807, 2.05) is 0 Å². The summed E-state index contributed by atoms with van der Waals surface area (Å²) in [5.74, 6) is -0.200. The molecule has 8 heteroatoms. The maximum atomic E-state index is 12.8. The number of ether oxygens (including phenoxy) is 1. The van der Waals surface area contributed by atoms with E-state index in [0.29, 0.717) is 16.3 Å². The van der Waals surface area contributed by atoms with Crippen LogP contribution in [0.3, 0.4) is 0 Å². The van der Waals surface area contributed by atoms with Crippen molar-refractivity contribution in [1.29, 1.82) is 0 Å². The molecule has 0 aromatic heterocycles. The second kappa shape index (κ2) is 7.65. The van der Waals surface area contributed by atoms with Gasteiger partial charge in [0.15, 0.2) is 0 Å². The van der Waals surface area contributed by atoms with Crippen LogP contribution in [0.1, 0.15) is 5.56 Å². The van der Waals surface area contributed by atoms with Gasteiger partial charge < -0.3 is 10.5 Å². The van der Waals surface area contributed by atoms with Crippen molar-refractivity contribution >= 4 is 27.5 Å². The molecular weight excluding hydrogens is 352 g/mol. The summed E-state index contributed by atoms with van der Waals surface area (Å²) in [6.45, 7) is -0.411. The van der Waals surface area contributed by atoms with Crippen LogP contribution >= 0.6 is 11.6 Å². The van der Waals surface area contributed by atoms with Crippen LogP contribution in [0.4, 0.5) is 0 Å². The highest BCUT2D eigenvalue weighted by molar-refractivity contribution is 7.89. The number of carbonyl (C=O) groups excluding carboxylic acids is 1. The minimum absolute atomic E-state index is 0.00840. The van der Waals surface area contributed by atoms with Gasteiger partial charge in [0.2, 0.25) is 15.9 Å². The number of nitrogens with two attached hydrogens (primary N) is 1. The van der Waals surface area contributed by atoms with Gasteiger partial charge in [0.25, 0.3) is 0 Å². The van der Waals surface area contributed by atoms with Gasteiger partial charge >= 0.3 is 0 Å². The number of primary amides is 1. The highest BCUT2D eigenvalue weighted by Crippen LogP contribution is 2.21. The van der Waals surface area contributed by atoms with Gasteiger partial charge in [0.1, 0.15) is 5.75 Å². The Labute approximate surface area is 145 Å². The molecule has 0 aliphatic heterocycles. The molecule has 0 fully saturated rings. The number of amides is 1. The summed E-state index contributed by atoms with van der Waals surface area (Å²) in [5.41, 5.74) is 5.90. The number of methoxy groups -OCH3 is 1. The Kier molecular flexibility index (Phi) is 5.82. The number of hydrogen-bond donors (Lipinski definition) is 1. The van der Waals surface area contributed by atoms with Crippen molar-refractivity contribution < 1.29 is 17.9 Å². The van der Waals surface area contributed by atoms with Crippen LogP contribution in [0, 0.1) is 0 Å². The van der Waals surface area contributed by atoms with Gasteiger partial charge in [-0.3, -0.25) is 4.79 Å². The van der Waals surface area contributed by atoms with Gasteiger partial charge in [-0.15, -0.1) is 0 Å². The fraction of sp³-hybridized carbons (Fsp3) is 0.188. The van der Waals surface area contributed by atoms with E-state index in [1.165, 1.54) is 31.4 Å². The van der Waals surface area contributed by atoms with Crippen molar-refractivity contribution in [1.82, 2.24) is 4.31 Å². The first-order chi connectivity index (χ1) is 11.3. The van der Waals surface area contributed by atoms with Crippen molar-refractivity contribution in [3.63, 3.8) is 0 Å². The molecule has 0 bridgehead atoms. The third kappa shape index (κ3) is 4.47. The predicted octanol–water partition coefficient (Wildman–Crippen LogP) is 2.02. The van der Waals surface area contributed by atoms with Crippen LogP contribution in [0.25, 0.3) is 0 Å². The third-order valence-electron chi connectivity index (χ3n) is 3.30. The largest absolute Gasteiger partial charge is 0.497 e. The molecule has 0 spiro atoms. The zero-order valence-electron chi connectivity index (χ0n) is 13.0. The zero-order chi connectivity index (χ0) is 17.7. The Hall–Kier alpha value is -2.09. The second-order valence-electron chi connectivity index (χ2n) is 5.04. The van der Waals surface area contributed by atoms with Crippen molar-refractivity contribution in [2.24, 2.45) is 5.73 Å². The standard InChI is InChI=1S/C16H17ClN2O4S/c1-23-14-6-8-15(9-7-14)24(21,22)19(11-16(18)20)10-12-2-4-13(17)5-3-12/h2-9H,10-11H2,1H3,(H2,18,20).